The van der Waals surface area contributed by atoms with Crippen molar-refractivity contribution in [3.63, 3.8) is 0 Å². The third-order valence-corrected chi connectivity index (χ3v) is 7.44. The number of rotatable bonds is 7. The van der Waals surface area contributed by atoms with Gasteiger partial charge in [0.1, 0.15) is 0 Å². The number of benzene rings is 4. The van der Waals surface area contributed by atoms with Crippen LogP contribution in [0.4, 0.5) is 13.2 Å². The molecule has 0 bridgehead atoms. The van der Waals surface area contributed by atoms with Gasteiger partial charge in [0, 0.05) is 45.5 Å². The fourth-order valence-corrected chi connectivity index (χ4v) is 5.09. The molecule has 2 aromatic heterocycles. The van der Waals surface area contributed by atoms with Crippen molar-refractivity contribution in [1.82, 2.24) is 24.7 Å². The SMILES string of the molecule is Cc1ccc(C(OSc2ccc(-n3nc(-c4ccc(Cl)cc4)nc3-c3ccc4nccnc4c3)cc2)C(F)(F)F)cc1. The van der Waals surface area contributed by atoms with Crippen LogP contribution in [-0.2, 0) is 4.18 Å². The van der Waals surface area contributed by atoms with Crippen LogP contribution in [0.15, 0.2) is 108 Å². The van der Waals surface area contributed by atoms with Crippen molar-refractivity contribution in [2.75, 3.05) is 0 Å². The Kier molecular flexibility index (Phi) is 7.68. The third kappa shape index (κ3) is 6.01. The first-order valence-corrected chi connectivity index (χ1v) is 13.9. The predicted octanol–water partition coefficient (Wildman–Crippen LogP) is 8.83. The van der Waals surface area contributed by atoms with Crippen molar-refractivity contribution in [1.29, 1.82) is 0 Å². The van der Waals surface area contributed by atoms with Crippen LogP contribution < -0.4 is 0 Å². The van der Waals surface area contributed by atoms with Crippen LogP contribution in [-0.4, -0.2) is 30.9 Å². The molecule has 6 aromatic rings. The number of halogens is 4. The number of hydrogen-bond donors (Lipinski definition) is 0. The van der Waals surface area contributed by atoms with E-state index in [2.05, 4.69) is 9.97 Å². The van der Waals surface area contributed by atoms with Crippen LogP contribution >= 0.6 is 23.6 Å². The predicted molar refractivity (Wildman–Crippen MR) is 157 cm³/mol. The van der Waals surface area contributed by atoms with Crippen LogP contribution in [0.1, 0.15) is 17.2 Å². The van der Waals surface area contributed by atoms with Crippen LogP contribution in [0.2, 0.25) is 5.02 Å². The van der Waals surface area contributed by atoms with E-state index in [1.165, 1.54) is 12.1 Å². The van der Waals surface area contributed by atoms with Gasteiger partial charge in [0.25, 0.3) is 0 Å². The molecule has 0 amide bonds. The molecule has 42 heavy (non-hydrogen) atoms. The van der Waals surface area contributed by atoms with E-state index in [4.69, 9.17) is 25.9 Å². The molecule has 2 heterocycles. The molecule has 6 rings (SSSR count). The molecule has 0 saturated heterocycles. The molecule has 0 saturated carbocycles. The molecule has 4 aromatic carbocycles. The van der Waals surface area contributed by atoms with Crippen molar-refractivity contribution in [3.8, 4) is 28.5 Å². The van der Waals surface area contributed by atoms with E-state index in [1.807, 2.05) is 37.3 Å². The minimum atomic E-state index is -4.57. The number of aromatic nitrogens is 5. The second-order valence-electron chi connectivity index (χ2n) is 9.44. The zero-order chi connectivity index (χ0) is 29.3. The molecule has 6 nitrogen and oxygen atoms in total. The largest absolute Gasteiger partial charge is 0.420 e. The van der Waals surface area contributed by atoms with Crippen LogP contribution in [0, 0.1) is 6.92 Å². The summed E-state index contributed by atoms with van der Waals surface area (Å²) in [5, 5.41) is 5.35. The summed E-state index contributed by atoms with van der Waals surface area (Å²) in [7, 11) is 0. The zero-order valence-corrected chi connectivity index (χ0v) is 23.5. The van der Waals surface area contributed by atoms with Crippen molar-refractivity contribution < 1.29 is 17.4 Å². The Bertz CT molecular complexity index is 1840. The lowest BCUT2D eigenvalue weighted by Gasteiger charge is -2.20. The van der Waals surface area contributed by atoms with Crippen LogP contribution in [0.25, 0.3) is 39.5 Å². The summed E-state index contributed by atoms with van der Waals surface area (Å²) in [5.41, 5.74) is 4.56. The van der Waals surface area contributed by atoms with Gasteiger partial charge in [0.15, 0.2) is 17.8 Å². The van der Waals surface area contributed by atoms with E-state index >= 15 is 0 Å². The number of hydrogen-bond acceptors (Lipinski definition) is 6. The Morgan fingerprint density at radius 1 is 0.810 bits per heavy atom. The van der Waals surface area contributed by atoms with Crippen LogP contribution in [0.3, 0.4) is 0 Å². The van der Waals surface area contributed by atoms with Gasteiger partial charge in [-0.2, -0.15) is 13.2 Å². The molecular formula is C31H21ClF3N5OS. The molecule has 0 spiro atoms. The van der Waals surface area contributed by atoms with E-state index in [0.29, 0.717) is 44.8 Å². The maximum Gasteiger partial charge on any atom is 0.420 e. The highest BCUT2D eigenvalue weighted by Gasteiger charge is 2.42. The second kappa shape index (κ2) is 11.6. The summed E-state index contributed by atoms with van der Waals surface area (Å²) < 4.78 is 48.4. The average molecular weight is 604 g/mol. The van der Waals surface area contributed by atoms with Gasteiger partial charge < -0.3 is 0 Å². The van der Waals surface area contributed by atoms with E-state index in [9.17, 15) is 13.2 Å². The summed E-state index contributed by atoms with van der Waals surface area (Å²) in [6.07, 6.45) is -3.39. The first kappa shape index (κ1) is 27.9. The monoisotopic (exact) mass is 603 g/mol. The van der Waals surface area contributed by atoms with Gasteiger partial charge in [-0.15, -0.1) is 5.10 Å². The first-order chi connectivity index (χ1) is 20.2. The maximum atomic E-state index is 13.8. The molecule has 1 unspecified atom stereocenters. The average Bonchev–Trinajstić information content (AvgIpc) is 3.43. The van der Waals surface area contributed by atoms with Crippen molar-refractivity contribution in [3.05, 3.63) is 120 Å². The Hall–Kier alpha value is -4.25. The number of aryl methyl sites for hydroxylation is 1. The second-order valence-corrected chi connectivity index (χ2v) is 10.7. The van der Waals surface area contributed by atoms with Gasteiger partial charge in [-0.1, -0.05) is 41.4 Å². The fraction of sp³-hybridized carbons (Fsp3) is 0.0968. The Morgan fingerprint density at radius 3 is 2.17 bits per heavy atom. The number of fused-ring (bicyclic) bond motifs is 1. The maximum absolute atomic E-state index is 13.8. The van der Waals surface area contributed by atoms with Crippen molar-refractivity contribution in [2.45, 2.75) is 24.1 Å². The summed E-state index contributed by atoms with van der Waals surface area (Å²) in [6, 6.07) is 25.8. The molecule has 11 heteroatoms. The number of alkyl halides is 3. The van der Waals surface area contributed by atoms with Gasteiger partial charge in [0.2, 0.25) is 0 Å². The lowest BCUT2D eigenvalue weighted by molar-refractivity contribution is -0.194. The molecule has 0 aliphatic heterocycles. The third-order valence-electron chi connectivity index (χ3n) is 6.44. The molecule has 1 atom stereocenters. The van der Waals surface area contributed by atoms with Gasteiger partial charge in [-0.3, -0.25) is 14.2 Å². The van der Waals surface area contributed by atoms with Crippen molar-refractivity contribution in [2.24, 2.45) is 0 Å². The lowest BCUT2D eigenvalue weighted by Crippen LogP contribution is -2.21. The summed E-state index contributed by atoms with van der Waals surface area (Å²) in [4.78, 5) is 14.1. The molecular weight excluding hydrogens is 583 g/mol. The molecule has 0 radical (unpaired) electrons. The highest BCUT2D eigenvalue weighted by atomic mass is 35.5. The molecule has 210 valence electrons. The highest BCUT2D eigenvalue weighted by Crippen LogP contribution is 2.40. The molecule has 0 aliphatic rings. The first-order valence-electron chi connectivity index (χ1n) is 12.8. The van der Waals surface area contributed by atoms with Gasteiger partial charge in [-0.05, 0) is 79.2 Å². The topological polar surface area (TPSA) is 65.7 Å². The van der Waals surface area contributed by atoms with Crippen molar-refractivity contribution >= 4 is 34.7 Å². The quantitative estimate of drug-likeness (QED) is 0.170. The molecule has 0 aliphatic carbocycles. The van der Waals surface area contributed by atoms with Gasteiger partial charge in [0.05, 0.1) is 16.7 Å². The minimum Gasteiger partial charge on any atom is -0.293 e. The van der Waals surface area contributed by atoms with E-state index in [-0.39, 0.29) is 5.56 Å². The Labute approximate surface area is 248 Å². The normalized spacial score (nSPS) is 12.5. The fourth-order valence-electron chi connectivity index (χ4n) is 4.29. The van der Waals surface area contributed by atoms with E-state index < -0.39 is 12.3 Å². The number of nitrogens with zero attached hydrogens (tertiary/aromatic N) is 5. The highest BCUT2D eigenvalue weighted by molar-refractivity contribution is 7.94. The van der Waals surface area contributed by atoms with Gasteiger partial charge >= 0.3 is 6.18 Å². The lowest BCUT2D eigenvalue weighted by atomic mass is 10.1. The molecule has 0 N–H and O–H groups in total. The standard InChI is InChI=1S/C31H21ClF3N5OS/c1-19-2-4-20(5-3-19)28(31(33,34)35)41-42-25-13-11-24(12-14-25)40-30(22-8-15-26-27(18-22)37-17-16-36-26)38-29(39-40)21-6-9-23(32)10-7-21/h2-18,28H,1H3. The minimum absolute atomic E-state index is 0.0410. The molecule has 0 fully saturated rings. The van der Waals surface area contributed by atoms with E-state index in [1.54, 1.807) is 65.6 Å². The van der Waals surface area contributed by atoms with Gasteiger partial charge in [-0.25, -0.2) is 9.67 Å². The zero-order valence-electron chi connectivity index (χ0n) is 22.0. The smallest absolute Gasteiger partial charge is 0.293 e. The summed E-state index contributed by atoms with van der Waals surface area (Å²) in [6.45, 7) is 1.82. The van der Waals surface area contributed by atoms with E-state index in [0.717, 1.165) is 22.2 Å². The Balaban J connectivity index is 1.32. The van der Waals surface area contributed by atoms with Crippen LogP contribution in [0.5, 0.6) is 0 Å². The summed E-state index contributed by atoms with van der Waals surface area (Å²) >= 11 is 6.75. The Morgan fingerprint density at radius 2 is 1.48 bits per heavy atom. The summed E-state index contributed by atoms with van der Waals surface area (Å²) in [5.74, 6) is 1.04.